The molecule has 4 nitrogen and oxygen atoms in total. The molecule has 1 aliphatic rings. The van der Waals surface area contributed by atoms with E-state index >= 15 is 0 Å². The Morgan fingerprint density at radius 2 is 1.96 bits per heavy atom. The number of hydrogen-bond donors (Lipinski definition) is 1. The van der Waals surface area contributed by atoms with Crippen LogP contribution in [0.5, 0.6) is 5.75 Å². The number of halogens is 2. The number of nitrogens with one attached hydrogen (secondary N) is 1. The molecule has 1 N–H and O–H groups in total. The van der Waals surface area contributed by atoms with E-state index in [0.717, 1.165) is 59.9 Å². The first kappa shape index (κ1) is 17.3. The van der Waals surface area contributed by atoms with Gasteiger partial charge in [0.25, 0.3) is 0 Å². The summed E-state index contributed by atoms with van der Waals surface area (Å²) in [6.45, 7) is 0.913. The summed E-state index contributed by atoms with van der Waals surface area (Å²) in [4.78, 5) is 0. The lowest BCUT2D eigenvalue weighted by molar-refractivity contribution is 0.412. The number of hydrogen-bond acceptors (Lipinski definition) is 3. The molecule has 0 saturated heterocycles. The molecule has 2 heterocycles. The van der Waals surface area contributed by atoms with Gasteiger partial charge in [-0.25, -0.2) is 4.68 Å². The van der Waals surface area contributed by atoms with Gasteiger partial charge in [0.1, 0.15) is 17.3 Å². The Balaban J connectivity index is 1.97. The second kappa shape index (κ2) is 7.22. The summed E-state index contributed by atoms with van der Waals surface area (Å²) in [5.74, 6) is 1.77. The molecule has 0 bridgehead atoms. The zero-order valence-corrected chi connectivity index (χ0v) is 15.9. The van der Waals surface area contributed by atoms with Crippen LogP contribution in [0, 0.1) is 0 Å². The van der Waals surface area contributed by atoms with Gasteiger partial charge in [-0.15, -0.1) is 0 Å². The molecule has 1 aromatic heterocycles. The monoisotopic (exact) mass is 387 g/mol. The number of methoxy groups -OCH3 is 1. The number of fused-ring (bicyclic) bond motifs is 1. The number of anilines is 1. The lowest BCUT2D eigenvalue weighted by Crippen LogP contribution is -2.08. The Morgan fingerprint density at radius 3 is 2.81 bits per heavy atom. The summed E-state index contributed by atoms with van der Waals surface area (Å²) in [6, 6.07) is 13.4. The maximum Gasteiger partial charge on any atom is 0.144 e. The van der Waals surface area contributed by atoms with Gasteiger partial charge in [0.05, 0.1) is 17.8 Å². The standard InChI is InChI=1S/C20H19Cl2N3O/c1-26-18-8-3-2-7-17(18)25-20-14(6-4-5-11-23-20)19(24-25)15-12-13(21)9-10-16(15)22/h2-3,7-10,12,23H,4-6,11H2,1H3. The number of para-hydroxylation sites is 2. The van der Waals surface area contributed by atoms with E-state index in [1.54, 1.807) is 13.2 Å². The number of nitrogens with zero attached hydrogens (tertiary/aromatic N) is 2. The first-order valence-corrected chi connectivity index (χ1v) is 9.39. The van der Waals surface area contributed by atoms with Gasteiger partial charge >= 0.3 is 0 Å². The summed E-state index contributed by atoms with van der Waals surface area (Å²) >= 11 is 12.7. The molecule has 4 rings (SSSR count). The van der Waals surface area contributed by atoms with Crippen LogP contribution in [0.1, 0.15) is 18.4 Å². The van der Waals surface area contributed by atoms with Gasteiger partial charge in [0.2, 0.25) is 0 Å². The van der Waals surface area contributed by atoms with Gasteiger partial charge in [-0.05, 0) is 49.6 Å². The number of rotatable bonds is 3. The van der Waals surface area contributed by atoms with Crippen LogP contribution in [0.4, 0.5) is 5.82 Å². The van der Waals surface area contributed by atoms with E-state index in [4.69, 9.17) is 33.0 Å². The van der Waals surface area contributed by atoms with Gasteiger partial charge < -0.3 is 10.1 Å². The fraction of sp³-hybridized carbons (Fsp3) is 0.250. The normalized spacial score (nSPS) is 13.7. The molecule has 134 valence electrons. The zero-order valence-electron chi connectivity index (χ0n) is 14.4. The minimum atomic E-state index is 0.645. The van der Waals surface area contributed by atoms with Crippen LogP contribution in [-0.2, 0) is 6.42 Å². The number of benzene rings is 2. The van der Waals surface area contributed by atoms with E-state index in [0.29, 0.717) is 10.0 Å². The first-order chi connectivity index (χ1) is 12.7. The van der Waals surface area contributed by atoms with Crippen molar-refractivity contribution < 1.29 is 4.74 Å². The van der Waals surface area contributed by atoms with Gasteiger partial charge in [-0.2, -0.15) is 5.10 Å². The summed E-state index contributed by atoms with van der Waals surface area (Å²) in [7, 11) is 1.67. The fourth-order valence-corrected chi connectivity index (χ4v) is 3.76. The molecule has 0 radical (unpaired) electrons. The van der Waals surface area contributed by atoms with Gasteiger partial charge in [-0.1, -0.05) is 35.3 Å². The highest BCUT2D eigenvalue weighted by Crippen LogP contribution is 2.39. The second-order valence-electron chi connectivity index (χ2n) is 6.27. The van der Waals surface area contributed by atoms with E-state index in [2.05, 4.69) is 5.32 Å². The van der Waals surface area contributed by atoms with Crippen LogP contribution < -0.4 is 10.1 Å². The highest BCUT2D eigenvalue weighted by Gasteiger charge is 2.24. The minimum Gasteiger partial charge on any atom is -0.494 e. The largest absolute Gasteiger partial charge is 0.494 e. The molecule has 26 heavy (non-hydrogen) atoms. The maximum absolute atomic E-state index is 6.47. The van der Waals surface area contributed by atoms with Crippen LogP contribution >= 0.6 is 23.2 Å². The Bertz CT molecular complexity index is 952. The second-order valence-corrected chi connectivity index (χ2v) is 7.11. The molecule has 0 saturated carbocycles. The zero-order chi connectivity index (χ0) is 18.1. The van der Waals surface area contributed by atoms with E-state index in [9.17, 15) is 0 Å². The predicted molar refractivity (Wildman–Crippen MR) is 107 cm³/mol. The van der Waals surface area contributed by atoms with Crippen LogP contribution in [0.2, 0.25) is 10.0 Å². The molecule has 0 fully saturated rings. The van der Waals surface area contributed by atoms with Crippen molar-refractivity contribution in [3.8, 4) is 22.7 Å². The lowest BCUT2D eigenvalue weighted by Gasteiger charge is -2.12. The Labute approximate surface area is 162 Å². The average Bonchev–Trinajstić information content (AvgIpc) is 2.84. The maximum atomic E-state index is 6.47. The Morgan fingerprint density at radius 1 is 1.12 bits per heavy atom. The molecule has 1 aliphatic heterocycles. The highest BCUT2D eigenvalue weighted by molar-refractivity contribution is 6.35. The number of aromatic nitrogens is 2. The smallest absolute Gasteiger partial charge is 0.144 e. The minimum absolute atomic E-state index is 0.645. The first-order valence-electron chi connectivity index (χ1n) is 8.63. The molecular weight excluding hydrogens is 369 g/mol. The lowest BCUT2D eigenvalue weighted by atomic mass is 10.0. The summed E-state index contributed by atoms with van der Waals surface area (Å²) < 4.78 is 7.47. The van der Waals surface area contributed by atoms with Crippen molar-refractivity contribution in [3.05, 3.63) is 58.1 Å². The van der Waals surface area contributed by atoms with Crippen molar-refractivity contribution in [2.45, 2.75) is 19.3 Å². The van der Waals surface area contributed by atoms with Crippen molar-refractivity contribution in [1.82, 2.24) is 9.78 Å². The third-order valence-corrected chi connectivity index (χ3v) is 5.19. The molecule has 0 amide bonds. The highest BCUT2D eigenvalue weighted by atomic mass is 35.5. The van der Waals surface area contributed by atoms with Crippen molar-refractivity contribution in [1.29, 1.82) is 0 Å². The van der Waals surface area contributed by atoms with Crippen molar-refractivity contribution in [2.75, 3.05) is 19.0 Å². The van der Waals surface area contributed by atoms with Crippen LogP contribution in [0.3, 0.4) is 0 Å². The summed E-state index contributed by atoms with van der Waals surface area (Å²) in [5, 5.41) is 9.74. The van der Waals surface area contributed by atoms with Crippen LogP contribution in [0.15, 0.2) is 42.5 Å². The fourth-order valence-electron chi connectivity index (χ4n) is 3.38. The number of ether oxygens (including phenoxy) is 1. The van der Waals surface area contributed by atoms with Crippen molar-refractivity contribution >= 4 is 29.0 Å². The average molecular weight is 388 g/mol. The third kappa shape index (κ3) is 3.04. The van der Waals surface area contributed by atoms with Gasteiger partial charge in [0.15, 0.2) is 0 Å². The SMILES string of the molecule is COc1ccccc1-n1nc(-c2cc(Cl)ccc2Cl)c2c1NCCCC2. The molecular formula is C20H19Cl2N3O. The third-order valence-electron chi connectivity index (χ3n) is 4.63. The molecule has 2 aromatic carbocycles. The predicted octanol–water partition coefficient (Wildman–Crippen LogP) is 5.60. The van der Waals surface area contributed by atoms with Gasteiger partial charge in [0, 0.05) is 22.7 Å². The quantitative estimate of drug-likeness (QED) is 0.635. The molecule has 6 heteroatoms. The molecule has 0 unspecified atom stereocenters. The molecule has 0 atom stereocenters. The van der Waals surface area contributed by atoms with E-state index in [-0.39, 0.29) is 0 Å². The topological polar surface area (TPSA) is 39.1 Å². The van der Waals surface area contributed by atoms with Crippen molar-refractivity contribution in [3.63, 3.8) is 0 Å². The van der Waals surface area contributed by atoms with E-state index in [1.807, 2.05) is 41.1 Å². The van der Waals surface area contributed by atoms with Crippen LogP contribution in [-0.4, -0.2) is 23.4 Å². The van der Waals surface area contributed by atoms with E-state index < -0.39 is 0 Å². The molecule has 0 aliphatic carbocycles. The van der Waals surface area contributed by atoms with Crippen molar-refractivity contribution in [2.24, 2.45) is 0 Å². The Hall–Kier alpha value is -2.17. The van der Waals surface area contributed by atoms with Gasteiger partial charge in [-0.3, -0.25) is 0 Å². The summed E-state index contributed by atoms with van der Waals surface area (Å²) in [5.41, 5.74) is 3.78. The molecule has 3 aromatic rings. The molecule has 0 spiro atoms. The van der Waals surface area contributed by atoms with E-state index in [1.165, 1.54) is 0 Å². The van der Waals surface area contributed by atoms with Crippen LogP contribution in [0.25, 0.3) is 16.9 Å². The summed E-state index contributed by atoms with van der Waals surface area (Å²) in [6.07, 6.45) is 3.15. The Kier molecular flexibility index (Phi) is 4.79.